The molecule has 0 saturated carbocycles. The van der Waals surface area contributed by atoms with Crippen molar-refractivity contribution in [3.63, 3.8) is 0 Å². The van der Waals surface area contributed by atoms with Crippen LogP contribution in [0.2, 0.25) is 0 Å². The van der Waals surface area contributed by atoms with Gasteiger partial charge in [-0.25, -0.2) is 39.9 Å². The summed E-state index contributed by atoms with van der Waals surface area (Å²) in [4.78, 5) is 40.2. The molecule has 0 fully saturated rings. The lowest BCUT2D eigenvalue weighted by Crippen LogP contribution is -2.04. The van der Waals surface area contributed by atoms with Gasteiger partial charge in [0.15, 0.2) is 40.8 Å². The SMILES string of the molecule is c1ccc(-c2nc(-c3ccc(-n4c5ccc6ccccc6c5c5c6ccccc6ccc54)cc3)nc(-c3ccc4ccccc4c3)n2)cc1.c1ccc(-c2nc(-c3ccccc3)nc(-c3ccc(-n4c5ccc6ccccc6c5c5c6ccccc6ccc54)cc3)n2)cc1.c1ccc(-c2nc3ccccc3nc2-n2c3ccccc3c3cc(C4c5ccc6ccccc6c5-c5c4ccc4ccccc54)ccc32)cc1. The molecule has 29 aromatic rings. The van der Waals surface area contributed by atoms with Crippen molar-refractivity contribution in [2.75, 3.05) is 0 Å². The molecular weight excluding hydrogens is 1750 g/mol. The van der Waals surface area contributed by atoms with E-state index in [0.29, 0.717) is 34.9 Å². The summed E-state index contributed by atoms with van der Waals surface area (Å²) in [5.74, 6) is 4.86. The van der Waals surface area contributed by atoms with Crippen LogP contribution in [-0.4, -0.2) is 53.6 Å². The summed E-state index contributed by atoms with van der Waals surface area (Å²) in [6.45, 7) is 0. The van der Waals surface area contributed by atoms with Gasteiger partial charge in [0.2, 0.25) is 0 Å². The Balaban J connectivity index is 0.000000105. The summed E-state index contributed by atoms with van der Waals surface area (Å²) in [6, 6.07) is 176. The maximum Gasteiger partial charge on any atom is 0.165 e. The minimum absolute atomic E-state index is 0.112. The summed E-state index contributed by atoms with van der Waals surface area (Å²) < 4.78 is 7.08. The molecule has 144 heavy (non-hydrogen) atoms. The topological polar surface area (TPSA) is 118 Å². The number of nitrogens with zero attached hydrogens (tertiary/aromatic N) is 11. The van der Waals surface area contributed by atoms with Crippen molar-refractivity contribution in [3.8, 4) is 108 Å². The Morgan fingerprint density at radius 1 is 0.167 bits per heavy atom. The van der Waals surface area contributed by atoms with Crippen LogP contribution in [0.5, 0.6) is 0 Å². The van der Waals surface area contributed by atoms with E-state index < -0.39 is 0 Å². The van der Waals surface area contributed by atoms with Crippen molar-refractivity contribution in [1.29, 1.82) is 0 Å². The third-order valence-corrected chi connectivity index (χ3v) is 28.9. The molecule has 670 valence electrons. The normalized spacial score (nSPS) is 12.0. The maximum absolute atomic E-state index is 5.31. The fourth-order valence-electron chi connectivity index (χ4n) is 22.3. The highest BCUT2D eigenvalue weighted by Crippen LogP contribution is 2.55. The van der Waals surface area contributed by atoms with Crippen LogP contribution in [0.15, 0.2) is 497 Å². The van der Waals surface area contributed by atoms with E-state index in [1.54, 1.807) is 0 Å². The largest absolute Gasteiger partial charge is 0.309 e. The first kappa shape index (κ1) is 82.9. The number of para-hydroxylation sites is 3. The highest BCUT2D eigenvalue weighted by Gasteiger charge is 2.34. The predicted octanol–water partition coefficient (Wildman–Crippen LogP) is 33.6. The van der Waals surface area contributed by atoms with E-state index in [1.165, 1.54) is 152 Å². The number of aromatic nitrogens is 11. The van der Waals surface area contributed by atoms with Crippen molar-refractivity contribution >= 4 is 152 Å². The molecule has 0 spiro atoms. The predicted molar refractivity (Wildman–Crippen MR) is 596 cm³/mol. The van der Waals surface area contributed by atoms with E-state index in [9.17, 15) is 0 Å². The van der Waals surface area contributed by atoms with E-state index >= 15 is 0 Å². The molecule has 0 amide bonds. The second-order valence-corrected chi connectivity index (χ2v) is 37.1. The lowest BCUT2D eigenvalue weighted by atomic mass is 9.87. The van der Waals surface area contributed by atoms with Gasteiger partial charge in [-0.15, -0.1) is 0 Å². The monoisotopic (exact) mass is 1830 g/mol. The van der Waals surface area contributed by atoms with Crippen molar-refractivity contribution < 1.29 is 0 Å². The molecule has 6 aromatic heterocycles. The number of benzene rings is 23. The van der Waals surface area contributed by atoms with Crippen molar-refractivity contribution in [2.45, 2.75) is 5.92 Å². The lowest BCUT2D eigenvalue weighted by Gasteiger charge is -2.16. The zero-order valence-corrected chi connectivity index (χ0v) is 77.8. The fraction of sp³-hybridized carbons (Fsp3) is 0.00752. The molecule has 30 rings (SSSR count). The lowest BCUT2D eigenvalue weighted by molar-refractivity contribution is 1.02. The Hall–Kier alpha value is -19.4. The van der Waals surface area contributed by atoms with Crippen LogP contribution >= 0.6 is 0 Å². The first-order chi connectivity index (χ1) is 71.4. The molecule has 0 unspecified atom stereocenters. The van der Waals surface area contributed by atoms with Crippen LogP contribution in [0.25, 0.3) is 260 Å². The van der Waals surface area contributed by atoms with E-state index in [0.717, 1.165) is 89.3 Å². The van der Waals surface area contributed by atoms with Gasteiger partial charge in [-0.05, 0) is 212 Å². The van der Waals surface area contributed by atoms with Crippen LogP contribution in [0.4, 0.5) is 0 Å². The minimum atomic E-state index is 0.112. The molecule has 11 nitrogen and oxygen atoms in total. The van der Waals surface area contributed by atoms with E-state index in [1.807, 2.05) is 115 Å². The first-order valence-electron chi connectivity index (χ1n) is 48.9. The number of rotatable bonds is 11. The van der Waals surface area contributed by atoms with Gasteiger partial charge in [-0.1, -0.05) is 388 Å². The highest BCUT2D eigenvalue weighted by molar-refractivity contribution is 6.30. The molecule has 6 heterocycles. The minimum Gasteiger partial charge on any atom is -0.309 e. The van der Waals surface area contributed by atoms with E-state index in [4.69, 9.17) is 39.9 Å². The number of hydrogen-bond acceptors (Lipinski definition) is 8. The van der Waals surface area contributed by atoms with Crippen LogP contribution < -0.4 is 0 Å². The van der Waals surface area contributed by atoms with Gasteiger partial charge in [0.05, 0.1) is 44.1 Å². The van der Waals surface area contributed by atoms with Gasteiger partial charge < -0.3 is 9.13 Å². The van der Waals surface area contributed by atoms with Crippen LogP contribution in [-0.2, 0) is 0 Å². The molecule has 0 N–H and O–H groups in total. The maximum atomic E-state index is 5.31. The quantitative estimate of drug-likeness (QED) is 0.126. The Kier molecular flexibility index (Phi) is 19.8. The summed E-state index contributed by atoms with van der Waals surface area (Å²) >= 11 is 0. The second-order valence-electron chi connectivity index (χ2n) is 37.1. The van der Waals surface area contributed by atoms with Crippen LogP contribution in [0.1, 0.15) is 22.6 Å². The first-order valence-corrected chi connectivity index (χ1v) is 48.9. The highest BCUT2D eigenvalue weighted by atomic mass is 15.1. The smallest absolute Gasteiger partial charge is 0.165 e. The Labute approximate surface area is 827 Å². The van der Waals surface area contributed by atoms with Crippen molar-refractivity contribution in [1.82, 2.24) is 53.6 Å². The molecule has 1 aliphatic carbocycles. The summed E-state index contributed by atoms with van der Waals surface area (Å²) in [5.41, 5.74) is 25.3. The molecular formula is C133H83N11. The third kappa shape index (κ3) is 14.0. The van der Waals surface area contributed by atoms with E-state index in [-0.39, 0.29) is 5.92 Å². The van der Waals surface area contributed by atoms with Crippen LogP contribution in [0.3, 0.4) is 0 Å². The summed E-state index contributed by atoms with van der Waals surface area (Å²) in [7, 11) is 0. The molecule has 0 atom stereocenters. The summed E-state index contributed by atoms with van der Waals surface area (Å²) in [5, 5.41) is 25.0. The molecule has 0 bridgehead atoms. The molecule has 0 saturated heterocycles. The van der Waals surface area contributed by atoms with Crippen molar-refractivity contribution in [3.05, 3.63) is 514 Å². The van der Waals surface area contributed by atoms with Gasteiger partial charge in [0, 0.05) is 88.6 Å². The second kappa shape index (κ2) is 34.4. The molecule has 0 radical (unpaired) electrons. The third-order valence-electron chi connectivity index (χ3n) is 28.9. The summed E-state index contributed by atoms with van der Waals surface area (Å²) in [6.07, 6.45) is 0. The fourth-order valence-corrected chi connectivity index (χ4v) is 22.3. The molecule has 11 heteroatoms. The zero-order valence-electron chi connectivity index (χ0n) is 77.8. The molecule has 0 aliphatic heterocycles. The van der Waals surface area contributed by atoms with Gasteiger partial charge in [-0.2, -0.15) is 0 Å². The zero-order chi connectivity index (χ0) is 94.8. The Morgan fingerprint density at radius 2 is 0.458 bits per heavy atom. The van der Waals surface area contributed by atoms with Gasteiger partial charge in [0.25, 0.3) is 0 Å². The van der Waals surface area contributed by atoms with Gasteiger partial charge in [0.1, 0.15) is 5.69 Å². The van der Waals surface area contributed by atoms with Gasteiger partial charge in [-0.3, -0.25) is 4.57 Å². The van der Waals surface area contributed by atoms with E-state index in [2.05, 4.69) is 396 Å². The van der Waals surface area contributed by atoms with Crippen LogP contribution in [0, 0.1) is 0 Å². The van der Waals surface area contributed by atoms with Crippen molar-refractivity contribution in [2.24, 2.45) is 0 Å². The molecule has 23 aromatic carbocycles. The number of fused-ring (bicyclic) bond motifs is 26. The Morgan fingerprint density at radius 3 is 0.875 bits per heavy atom. The standard InChI is InChI=1S/C47H29N3.C45H28N4.C41H26N4/c1-2-14-31(15-3-1)46-47(49-40-20-10-9-19-39(40)48-46)50-41-21-11-8-18-35(41)38-28-32(24-27-42(38)50)43-36-25-22-29-12-4-6-16-33(29)44(36)45-34-17-7-5-13-30(34)23-26-37(43)45;1-2-13-32(14-3-1)43-46-44(48-45(47-43)35-19-18-29-10-4-5-15-34(29)28-35)33-20-24-36(25-21-33)49-39-26-22-30-11-6-8-16-37(30)41(39)42-38-17-9-7-12-31(38)23-27-40(42)49;1-3-13-29(14-4-1)39-42-40(30-15-5-2-6-16-30)44-41(43-39)31-19-23-32(24-20-31)45-35-25-21-27-11-7-9-17-33(27)37(35)38-34-18-10-8-12-28(34)22-26-36(38)45/h1-28,43H;1-28H;1-26H. The average Bonchev–Trinajstić information content (AvgIpc) is 1.55. The van der Waals surface area contributed by atoms with Gasteiger partial charge >= 0.3 is 0 Å². The molecule has 1 aliphatic rings. The number of hydrogen-bond donors (Lipinski definition) is 0. The average molecular weight is 1840 g/mol. The Bertz CT molecular complexity index is 9900.